The lowest BCUT2D eigenvalue weighted by molar-refractivity contribution is -0.160. The number of hydrogen-bond donors (Lipinski definition) is 2. The Labute approximate surface area is 213 Å². The monoisotopic (exact) mass is 536 g/mol. The molecule has 2 aliphatic carbocycles. The summed E-state index contributed by atoms with van der Waals surface area (Å²) in [6.07, 6.45) is -3.86. The molecule has 0 spiro atoms. The number of benzene rings is 2. The largest absolute Gasteiger partial charge is 0.478 e. The van der Waals surface area contributed by atoms with Crippen molar-refractivity contribution >= 4 is 41.2 Å². The Kier molecular flexibility index (Phi) is 6.98. The lowest BCUT2D eigenvalue weighted by atomic mass is 9.83. The molecule has 2 aromatic carbocycles. The third kappa shape index (κ3) is 4.90. The average Bonchev–Trinajstić information content (AvgIpc) is 3.65. The van der Waals surface area contributed by atoms with Gasteiger partial charge in [-0.1, -0.05) is 23.7 Å². The molecule has 0 heterocycles. The van der Waals surface area contributed by atoms with Crippen LogP contribution in [0.5, 0.6) is 0 Å². The van der Waals surface area contributed by atoms with Crippen molar-refractivity contribution in [3.8, 4) is 0 Å². The predicted molar refractivity (Wildman–Crippen MR) is 128 cm³/mol. The first kappa shape index (κ1) is 26.5. The van der Waals surface area contributed by atoms with Crippen LogP contribution in [0, 0.1) is 11.7 Å². The number of alkyl halides is 3. The van der Waals surface area contributed by atoms with Crippen molar-refractivity contribution in [2.75, 3.05) is 0 Å². The van der Waals surface area contributed by atoms with Gasteiger partial charge in [0.15, 0.2) is 0 Å². The van der Waals surface area contributed by atoms with E-state index in [0.717, 1.165) is 12.1 Å². The number of rotatable bonds is 5. The number of hydrogen-bond acceptors (Lipinski definition) is 4. The van der Waals surface area contributed by atoms with Gasteiger partial charge in [-0.05, 0) is 67.5 Å². The number of carboxylic acid groups (broad SMARTS) is 1. The lowest BCUT2D eigenvalue weighted by Crippen LogP contribution is -2.30. The Hall–Kier alpha value is -3.53. The molecule has 0 saturated heterocycles. The zero-order valence-electron chi connectivity index (χ0n) is 19.2. The summed E-state index contributed by atoms with van der Waals surface area (Å²) in [5.74, 6) is -3.80. The summed E-state index contributed by atoms with van der Waals surface area (Å²) in [6, 6.07) is 6.98. The van der Waals surface area contributed by atoms with E-state index in [0.29, 0.717) is 12.7 Å². The minimum Gasteiger partial charge on any atom is -0.478 e. The van der Waals surface area contributed by atoms with Crippen molar-refractivity contribution in [3.63, 3.8) is 0 Å². The number of nitrogens with two attached hydrogens (primary N) is 1. The lowest BCUT2D eigenvalue weighted by Gasteiger charge is -2.25. The van der Waals surface area contributed by atoms with Crippen molar-refractivity contribution in [2.24, 2.45) is 16.6 Å². The number of allylic oxidation sites excluding steroid dienone is 1. The number of halogens is 5. The highest BCUT2D eigenvalue weighted by molar-refractivity contribution is 6.34. The highest BCUT2D eigenvalue weighted by atomic mass is 35.5. The zero-order valence-corrected chi connectivity index (χ0v) is 20.0. The summed E-state index contributed by atoms with van der Waals surface area (Å²) in [7, 11) is 0. The molecule has 11 heteroatoms. The Bertz CT molecular complexity index is 1360. The second-order valence-electron chi connectivity index (χ2n) is 9.14. The molecular weight excluding hydrogens is 516 g/mol. The van der Waals surface area contributed by atoms with Crippen molar-refractivity contribution in [2.45, 2.75) is 43.7 Å². The van der Waals surface area contributed by atoms with Gasteiger partial charge in [0.05, 0.1) is 27.3 Å². The third-order valence-electron chi connectivity index (χ3n) is 6.86. The summed E-state index contributed by atoms with van der Waals surface area (Å²) < 4.78 is 56.3. The fraction of sp³-hybridized carbons (Fsp3) is 0.308. The van der Waals surface area contributed by atoms with Gasteiger partial charge in [-0.3, -0.25) is 4.79 Å². The molecule has 1 atom stereocenters. The van der Waals surface area contributed by atoms with Crippen LogP contribution in [0.3, 0.4) is 0 Å². The van der Waals surface area contributed by atoms with Crippen molar-refractivity contribution < 1.29 is 37.1 Å². The molecule has 4 rings (SSSR count). The number of amides is 1. The topological polar surface area (TPSA) is 110 Å². The number of carbonyl (C=O) groups excluding carboxylic acids is 2. The Morgan fingerprint density at radius 1 is 1.19 bits per heavy atom. The maximum Gasteiger partial charge on any atom is 0.398 e. The number of nitrogens with zero attached hydrogens (tertiary/aromatic N) is 1. The molecule has 1 amide bonds. The second-order valence-corrected chi connectivity index (χ2v) is 9.54. The number of carboxylic acids is 1. The first-order valence-electron chi connectivity index (χ1n) is 11.3. The minimum absolute atomic E-state index is 0.0373. The van der Waals surface area contributed by atoms with Crippen molar-refractivity contribution in [3.05, 3.63) is 75.1 Å². The van der Waals surface area contributed by atoms with Gasteiger partial charge >= 0.3 is 12.1 Å². The van der Waals surface area contributed by atoms with E-state index in [2.05, 4.69) is 4.99 Å². The van der Waals surface area contributed by atoms with Crippen LogP contribution < -0.4 is 5.73 Å². The number of aromatic carboxylic acids is 1. The first-order valence-corrected chi connectivity index (χ1v) is 11.7. The van der Waals surface area contributed by atoms with Crippen LogP contribution in [0.25, 0.3) is 5.70 Å². The number of aliphatic imine (C=N–C) groups is 1. The fourth-order valence-electron chi connectivity index (χ4n) is 4.65. The molecule has 3 N–H and O–H groups in total. The molecule has 6 nitrogen and oxygen atoms in total. The molecule has 2 aliphatic rings. The fourth-order valence-corrected chi connectivity index (χ4v) is 4.90. The molecular formula is C26H21ClF4N2O4. The van der Waals surface area contributed by atoms with Crippen LogP contribution in [-0.4, -0.2) is 35.2 Å². The van der Waals surface area contributed by atoms with E-state index in [9.17, 15) is 31.9 Å². The normalized spacial score (nSPS) is 21.4. The van der Waals surface area contributed by atoms with E-state index in [1.165, 1.54) is 24.3 Å². The number of aldehydes is 1. The summed E-state index contributed by atoms with van der Waals surface area (Å²) in [5.41, 5.74) is 3.14. The van der Waals surface area contributed by atoms with Crippen LogP contribution in [-0.2, 0) is 10.2 Å². The van der Waals surface area contributed by atoms with Gasteiger partial charge in [0.1, 0.15) is 12.1 Å². The van der Waals surface area contributed by atoms with Crippen LogP contribution in [0.4, 0.5) is 17.6 Å². The molecule has 0 aliphatic heterocycles. The Morgan fingerprint density at radius 3 is 2.46 bits per heavy atom. The number of carbonyl (C=O) groups is 3. The Balaban J connectivity index is 1.82. The van der Waals surface area contributed by atoms with E-state index >= 15 is 0 Å². The maximum atomic E-state index is 14.7. The van der Waals surface area contributed by atoms with Gasteiger partial charge in [-0.2, -0.15) is 13.2 Å². The molecule has 37 heavy (non-hydrogen) atoms. The Morgan fingerprint density at radius 2 is 1.89 bits per heavy atom. The molecule has 2 fully saturated rings. The van der Waals surface area contributed by atoms with Gasteiger partial charge in [-0.15, -0.1) is 0 Å². The second kappa shape index (κ2) is 9.74. The predicted octanol–water partition coefficient (Wildman–Crippen LogP) is 5.72. The first-order chi connectivity index (χ1) is 17.4. The molecule has 0 radical (unpaired) electrons. The third-order valence-corrected chi connectivity index (χ3v) is 7.18. The average molecular weight is 537 g/mol. The standard InChI is InChI=1S/C26H21ClF4N2O4/c27-18-3-1-2-17(25(8-9-25)26(29,30)31)21(18)23(35)33-20-10-13(12-34)4-6-16(20)22(32)15-7-5-14(24(36)37)11-19(15)28/h1-3,5,7,11-13H,4,6,8-10,32H2,(H,36,37). The van der Waals surface area contributed by atoms with Crippen LogP contribution in [0.1, 0.15) is 63.9 Å². The van der Waals surface area contributed by atoms with Crippen LogP contribution >= 0.6 is 11.6 Å². The quantitative estimate of drug-likeness (QED) is 0.375. The summed E-state index contributed by atoms with van der Waals surface area (Å²) in [6.45, 7) is 0. The van der Waals surface area contributed by atoms with Gasteiger partial charge in [0.25, 0.3) is 5.91 Å². The summed E-state index contributed by atoms with van der Waals surface area (Å²) in [4.78, 5) is 40.0. The summed E-state index contributed by atoms with van der Waals surface area (Å²) in [5, 5.41) is 8.87. The van der Waals surface area contributed by atoms with E-state index in [1.54, 1.807) is 0 Å². The zero-order chi connectivity index (χ0) is 27.1. The van der Waals surface area contributed by atoms with Gasteiger partial charge in [0, 0.05) is 17.2 Å². The van der Waals surface area contributed by atoms with Gasteiger partial charge in [-0.25, -0.2) is 14.2 Å². The van der Waals surface area contributed by atoms with Crippen molar-refractivity contribution in [1.82, 2.24) is 0 Å². The van der Waals surface area contributed by atoms with Gasteiger partial charge < -0.3 is 15.6 Å². The van der Waals surface area contributed by atoms with Crippen LogP contribution in [0.2, 0.25) is 5.02 Å². The molecule has 0 aromatic heterocycles. The highest BCUT2D eigenvalue weighted by Gasteiger charge is 2.65. The maximum absolute atomic E-state index is 14.7. The van der Waals surface area contributed by atoms with Crippen molar-refractivity contribution in [1.29, 1.82) is 0 Å². The van der Waals surface area contributed by atoms with E-state index in [-0.39, 0.29) is 69.9 Å². The SMILES string of the molecule is NC(=C1CCC(C=O)CC1=NC(=O)c1c(Cl)cccc1C1(C(F)(F)F)CC1)c1ccc(C(=O)O)cc1F. The molecule has 194 valence electrons. The van der Waals surface area contributed by atoms with Crippen LogP contribution in [0.15, 0.2) is 47.0 Å². The molecule has 2 aromatic rings. The smallest absolute Gasteiger partial charge is 0.398 e. The van der Waals surface area contributed by atoms with E-state index < -0.39 is 35.2 Å². The molecule has 1 unspecified atom stereocenters. The molecule has 0 bridgehead atoms. The van der Waals surface area contributed by atoms with E-state index in [4.69, 9.17) is 22.4 Å². The van der Waals surface area contributed by atoms with E-state index in [1.807, 2.05) is 0 Å². The highest BCUT2D eigenvalue weighted by Crippen LogP contribution is 2.60. The summed E-state index contributed by atoms with van der Waals surface area (Å²) >= 11 is 6.19. The van der Waals surface area contributed by atoms with Gasteiger partial charge in [0.2, 0.25) is 0 Å². The molecule has 2 saturated carbocycles. The minimum atomic E-state index is -4.59.